The summed E-state index contributed by atoms with van der Waals surface area (Å²) in [4.78, 5) is 18.0. The van der Waals surface area contributed by atoms with E-state index in [0.717, 1.165) is 5.69 Å². The molecular weight excluding hydrogens is 295 g/mol. The van der Waals surface area contributed by atoms with Gasteiger partial charge in [-0.25, -0.2) is 4.98 Å². The van der Waals surface area contributed by atoms with Crippen LogP contribution in [-0.4, -0.2) is 39.5 Å². The van der Waals surface area contributed by atoms with Gasteiger partial charge < -0.3 is 4.90 Å². The third kappa shape index (κ3) is 2.15. The zero-order chi connectivity index (χ0) is 16.1. The second-order valence-corrected chi connectivity index (χ2v) is 6.04. The van der Waals surface area contributed by atoms with E-state index in [9.17, 15) is 18.0 Å². The number of pyridine rings is 1. The average Bonchev–Trinajstić information content (AvgIpc) is 3.03. The summed E-state index contributed by atoms with van der Waals surface area (Å²) < 4.78 is 40.9. The summed E-state index contributed by atoms with van der Waals surface area (Å²) in [6.07, 6.45) is -2.96. The molecule has 3 heterocycles. The first-order valence-corrected chi connectivity index (χ1v) is 7.02. The van der Waals surface area contributed by atoms with Gasteiger partial charge in [-0.3, -0.25) is 9.20 Å². The van der Waals surface area contributed by atoms with Crippen LogP contribution in [0.5, 0.6) is 0 Å². The highest BCUT2D eigenvalue weighted by molar-refractivity contribution is 5.93. The third-order valence-corrected chi connectivity index (χ3v) is 4.39. The molecule has 4 nitrogen and oxygen atoms in total. The fraction of sp³-hybridized carbons (Fsp3) is 0.467. The molecule has 0 saturated carbocycles. The fourth-order valence-electron chi connectivity index (χ4n) is 2.88. The van der Waals surface area contributed by atoms with E-state index in [4.69, 9.17) is 0 Å². The summed E-state index contributed by atoms with van der Waals surface area (Å²) in [5, 5.41) is 0. The van der Waals surface area contributed by atoms with Crippen LogP contribution in [0.2, 0.25) is 0 Å². The van der Waals surface area contributed by atoms with E-state index in [1.165, 1.54) is 18.0 Å². The minimum absolute atomic E-state index is 0.0715. The van der Waals surface area contributed by atoms with E-state index in [1.54, 1.807) is 10.5 Å². The Bertz CT molecular complexity index is 737. The van der Waals surface area contributed by atoms with Crippen molar-refractivity contribution < 1.29 is 18.0 Å². The van der Waals surface area contributed by atoms with Gasteiger partial charge in [-0.2, -0.15) is 13.2 Å². The zero-order valence-corrected chi connectivity index (χ0v) is 12.3. The van der Waals surface area contributed by atoms with Crippen LogP contribution in [0.1, 0.15) is 29.5 Å². The van der Waals surface area contributed by atoms with Crippen LogP contribution in [0.25, 0.3) is 5.65 Å². The Kier molecular flexibility index (Phi) is 3.19. The molecule has 0 N–H and O–H groups in total. The Balaban J connectivity index is 1.92. The van der Waals surface area contributed by atoms with Crippen LogP contribution < -0.4 is 0 Å². The highest BCUT2D eigenvalue weighted by Gasteiger charge is 2.55. The molecule has 7 heteroatoms. The van der Waals surface area contributed by atoms with Gasteiger partial charge in [0.05, 0.1) is 11.6 Å². The van der Waals surface area contributed by atoms with E-state index in [0.29, 0.717) is 11.3 Å². The van der Waals surface area contributed by atoms with Gasteiger partial charge >= 0.3 is 6.18 Å². The molecule has 2 aromatic rings. The molecule has 1 amide bonds. The van der Waals surface area contributed by atoms with Crippen LogP contribution >= 0.6 is 0 Å². The van der Waals surface area contributed by atoms with Crippen molar-refractivity contribution in [3.8, 4) is 0 Å². The molecule has 2 aromatic heterocycles. The molecule has 0 aliphatic carbocycles. The SMILES string of the molecule is Cc1cccc2ncc(C(=O)N3CCC(C)(C(F)(F)F)C3)n12. The van der Waals surface area contributed by atoms with Gasteiger partial charge in [0, 0.05) is 18.8 Å². The lowest BCUT2D eigenvalue weighted by molar-refractivity contribution is -0.212. The minimum Gasteiger partial charge on any atom is -0.336 e. The highest BCUT2D eigenvalue weighted by atomic mass is 19.4. The quantitative estimate of drug-likeness (QED) is 0.812. The number of nitrogens with zero attached hydrogens (tertiary/aromatic N) is 3. The summed E-state index contributed by atoms with van der Waals surface area (Å²) in [5.74, 6) is -0.408. The van der Waals surface area contributed by atoms with E-state index in [-0.39, 0.29) is 19.5 Å². The van der Waals surface area contributed by atoms with Gasteiger partial charge in [0.1, 0.15) is 11.3 Å². The van der Waals surface area contributed by atoms with Crippen molar-refractivity contribution in [3.63, 3.8) is 0 Å². The van der Waals surface area contributed by atoms with Gasteiger partial charge in [0.15, 0.2) is 0 Å². The molecule has 22 heavy (non-hydrogen) atoms. The number of amides is 1. The topological polar surface area (TPSA) is 37.6 Å². The number of fused-ring (bicyclic) bond motifs is 1. The van der Waals surface area contributed by atoms with Gasteiger partial charge in [-0.15, -0.1) is 0 Å². The summed E-state index contributed by atoms with van der Waals surface area (Å²) in [6.45, 7) is 2.79. The summed E-state index contributed by atoms with van der Waals surface area (Å²) >= 11 is 0. The van der Waals surface area contributed by atoms with E-state index < -0.39 is 17.5 Å². The lowest BCUT2D eigenvalue weighted by Gasteiger charge is -2.27. The first-order chi connectivity index (χ1) is 10.2. The average molecular weight is 311 g/mol. The van der Waals surface area contributed by atoms with E-state index >= 15 is 0 Å². The largest absolute Gasteiger partial charge is 0.395 e. The molecule has 118 valence electrons. The standard InChI is InChI=1S/C15H16F3N3O/c1-10-4-3-5-12-19-8-11(21(10)12)13(22)20-7-6-14(2,9-20)15(16,17)18/h3-5,8H,6-7,9H2,1-2H3. The van der Waals surface area contributed by atoms with Crippen LogP contribution in [0.4, 0.5) is 13.2 Å². The number of hydrogen-bond donors (Lipinski definition) is 0. The smallest absolute Gasteiger partial charge is 0.336 e. The van der Waals surface area contributed by atoms with Crippen molar-refractivity contribution >= 4 is 11.6 Å². The fourth-order valence-corrected chi connectivity index (χ4v) is 2.88. The molecule has 1 atom stereocenters. The van der Waals surface area contributed by atoms with Crippen LogP contribution in [-0.2, 0) is 0 Å². The number of imidazole rings is 1. The molecule has 1 aliphatic rings. The predicted molar refractivity (Wildman–Crippen MR) is 74.6 cm³/mol. The lowest BCUT2D eigenvalue weighted by atomic mass is 9.89. The molecule has 0 aromatic carbocycles. The third-order valence-electron chi connectivity index (χ3n) is 4.39. The molecular formula is C15H16F3N3O. The number of halogens is 3. The Hall–Kier alpha value is -2.05. The van der Waals surface area contributed by atoms with Crippen LogP contribution in [0.3, 0.4) is 0 Å². The van der Waals surface area contributed by atoms with E-state index in [1.807, 2.05) is 19.1 Å². The Labute approximate surface area is 125 Å². The Morgan fingerprint density at radius 2 is 2.09 bits per heavy atom. The lowest BCUT2D eigenvalue weighted by Crippen LogP contribution is -2.39. The minimum atomic E-state index is -4.31. The summed E-state index contributed by atoms with van der Waals surface area (Å²) in [7, 11) is 0. The monoisotopic (exact) mass is 311 g/mol. The summed E-state index contributed by atoms with van der Waals surface area (Å²) in [5.41, 5.74) is -0.102. The number of likely N-dealkylation sites (tertiary alicyclic amines) is 1. The van der Waals surface area contributed by atoms with E-state index in [2.05, 4.69) is 4.98 Å². The molecule has 1 unspecified atom stereocenters. The number of carbonyl (C=O) groups is 1. The maximum Gasteiger partial charge on any atom is 0.395 e. The van der Waals surface area contributed by atoms with Crippen LogP contribution in [0.15, 0.2) is 24.4 Å². The molecule has 1 fully saturated rings. The van der Waals surface area contributed by atoms with Gasteiger partial charge in [0.2, 0.25) is 0 Å². The first kappa shape index (κ1) is 14.9. The maximum atomic E-state index is 13.1. The van der Waals surface area contributed by atoms with Crippen molar-refractivity contribution in [1.29, 1.82) is 0 Å². The van der Waals surface area contributed by atoms with Crippen molar-refractivity contribution in [2.24, 2.45) is 5.41 Å². The Morgan fingerprint density at radius 3 is 2.73 bits per heavy atom. The Morgan fingerprint density at radius 1 is 1.36 bits per heavy atom. The molecule has 0 spiro atoms. The number of carbonyl (C=O) groups excluding carboxylic acids is 1. The van der Waals surface area contributed by atoms with Crippen molar-refractivity contribution in [3.05, 3.63) is 35.8 Å². The number of aryl methyl sites for hydroxylation is 1. The molecule has 1 saturated heterocycles. The second kappa shape index (κ2) is 4.72. The maximum absolute atomic E-state index is 13.1. The van der Waals surface area contributed by atoms with Gasteiger partial charge in [-0.1, -0.05) is 6.07 Å². The van der Waals surface area contributed by atoms with Crippen molar-refractivity contribution in [1.82, 2.24) is 14.3 Å². The number of alkyl halides is 3. The van der Waals surface area contributed by atoms with Crippen LogP contribution in [0, 0.1) is 12.3 Å². The molecule has 3 rings (SSSR count). The number of hydrogen-bond acceptors (Lipinski definition) is 2. The predicted octanol–water partition coefficient (Wildman–Crippen LogP) is 3.06. The number of aromatic nitrogens is 2. The summed E-state index contributed by atoms with van der Waals surface area (Å²) in [6, 6.07) is 5.41. The second-order valence-electron chi connectivity index (χ2n) is 6.04. The first-order valence-electron chi connectivity index (χ1n) is 7.02. The van der Waals surface area contributed by atoms with Gasteiger partial charge in [-0.05, 0) is 32.4 Å². The molecule has 1 aliphatic heterocycles. The van der Waals surface area contributed by atoms with Crippen molar-refractivity contribution in [2.45, 2.75) is 26.4 Å². The highest BCUT2D eigenvalue weighted by Crippen LogP contribution is 2.45. The number of rotatable bonds is 1. The normalized spacial score (nSPS) is 22.5. The molecule has 0 radical (unpaired) electrons. The molecule has 0 bridgehead atoms. The van der Waals surface area contributed by atoms with Gasteiger partial charge in [0.25, 0.3) is 5.91 Å². The van der Waals surface area contributed by atoms with Crippen molar-refractivity contribution in [2.75, 3.05) is 13.1 Å². The zero-order valence-electron chi connectivity index (χ0n) is 12.3.